The molecule has 72 valence electrons. The Morgan fingerprint density at radius 1 is 1.50 bits per heavy atom. The number of aldehydes is 1. The number of halogens is 1. The lowest BCUT2D eigenvalue weighted by atomic mass is 10.1. The number of aromatic nitrogens is 2. The van der Waals surface area contributed by atoms with Crippen molar-refractivity contribution in [1.29, 1.82) is 0 Å². The van der Waals surface area contributed by atoms with Crippen LogP contribution in [0, 0.1) is 6.92 Å². The molecule has 2 aromatic rings. The average molecular weight is 209 g/mol. The Hall–Kier alpha value is -1.35. The predicted octanol–water partition coefficient (Wildman–Crippen LogP) is 2.35. The summed E-state index contributed by atoms with van der Waals surface area (Å²) in [6.07, 6.45) is 0.801. The molecule has 14 heavy (non-hydrogen) atoms. The van der Waals surface area contributed by atoms with Crippen LogP contribution in [0.25, 0.3) is 10.9 Å². The van der Waals surface area contributed by atoms with Crippen molar-refractivity contribution in [3.05, 3.63) is 28.4 Å². The SMILES string of the molecule is Cc1nn(C)c2c(C=O)cc(Cl)cc12. The van der Waals surface area contributed by atoms with Crippen LogP contribution in [-0.4, -0.2) is 16.1 Å². The molecule has 1 heterocycles. The molecule has 0 spiro atoms. The zero-order valence-corrected chi connectivity index (χ0v) is 8.67. The van der Waals surface area contributed by atoms with E-state index in [1.54, 1.807) is 10.7 Å². The van der Waals surface area contributed by atoms with Gasteiger partial charge in [0.25, 0.3) is 0 Å². The molecule has 0 radical (unpaired) electrons. The van der Waals surface area contributed by atoms with E-state index < -0.39 is 0 Å². The van der Waals surface area contributed by atoms with E-state index in [0.29, 0.717) is 10.6 Å². The van der Waals surface area contributed by atoms with Crippen molar-refractivity contribution >= 4 is 28.8 Å². The maximum Gasteiger partial charge on any atom is 0.152 e. The number of rotatable bonds is 1. The predicted molar refractivity (Wildman–Crippen MR) is 55.8 cm³/mol. The largest absolute Gasteiger partial charge is 0.298 e. The summed E-state index contributed by atoms with van der Waals surface area (Å²) in [5, 5.41) is 5.74. The highest BCUT2D eigenvalue weighted by Gasteiger charge is 2.10. The van der Waals surface area contributed by atoms with E-state index in [1.807, 2.05) is 20.0 Å². The Kier molecular flexibility index (Phi) is 2.04. The summed E-state index contributed by atoms with van der Waals surface area (Å²) < 4.78 is 1.70. The minimum absolute atomic E-state index is 0.565. The van der Waals surface area contributed by atoms with Crippen molar-refractivity contribution in [2.24, 2.45) is 7.05 Å². The number of fused-ring (bicyclic) bond motifs is 1. The van der Waals surface area contributed by atoms with Crippen LogP contribution in [0.5, 0.6) is 0 Å². The van der Waals surface area contributed by atoms with Gasteiger partial charge in [-0.25, -0.2) is 0 Å². The van der Waals surface area contributed by atoms with Crippen molar-refractivity contribution in [2.45, 2.75) is 6.92 Å². The van der Waals surface area contributed by atoms with Crippen LogP contribution >= 0.6 is 11.6 Å². The quantitative estimate of drug-likeness (QED) is 0.675. The highest BCUT2D eigenvalue weighted by Crippen LogP contribution is 2.24. The molecular formula is C10H9ClN2O. The Balaban J connectivity index is 2.97. The summed E-state index contributed by atoms with van der Waals surface area (Å²) in [6.45, 7) is 1.90. The summed E-state index contributed by atoms with van der Waals surface area (Å²) >= 11 is 5.89. The summed E-state index contributed by atoms with van der Waals surface area (Å²) in [7, 11) is 1.82. The molecule has 0 amide bonds. The molecule has 0 aliphatic heterocycles. The summed E-state index contributed by atoms with van der Waals surface area (Å²) in [5.41, 5.74) is 2.30. The van der Waals surface area contributed by atoms with E-state index in [2.05, 4.69) is 5.10 Å². The van der Waals surface area contributed by atoms with Gasteiger partial charge in [0, 0.05) is 23.0 Å². The van der Waals surface area contributed by atoms with Gasteiger partial charge in [-0.05, 0) is 19.1 Å². The number of carbonyl (C=O) groups excluding carboxylic acids is 1. The average Bonchev–Trinajstić information content (AvgIpc) is 2.41. The first-order chi connectivity index (χ1) is 6.63. The number of benzene rings is 1. The van der Waals surface area contributed by atoms with Crippen molar-refractivity contribution in [2.75, 3.05) is 0 Å². The number of aryl methyl sites for hydroxylation is 2. The zero-order chi connectivity index (χ0) is 10.3. The molecule has 0 saturated heterocycles. The first-order valence-corrected chi connectivity index (χ1v) is 4.59. The van der Waals surface area contributed by atoms with Gasteiger partial charge < -0.3 is 0 Å². The van der Waals surface area contributed by atoms with Gasteiger partial charge in [0.15, 0.2) is 6.29 Å². The fourth-order valence-corrected chi connectivity index (χ4v) is 1.90. The Labute approximate surface area is 86.3 Å². The topological polar surface area (TPSA) is 34.9 Å². The molecule has 0 unspecified atom stereocenters. The lowest BCUT2D eigenvalue weighted by Gasteiger charge is -1.98. The number of hydrogen-bond donors (Lipinski definition) is 0. The second-order valence-corrected chi connectivity index (χ2v) is 3.65. The third-order valence-corrected chi connectivity index (χ3v) is 2.46. The van der Waals surface area contributed by atoms with Crippen molar-refractivity contribution < 1.29 is 4.79 Å². The molecule has 3 nitrogen and oxygen atoms in total. The third kappa shape index (κ3) is 1.21. The minimum Gasteiger partial charge on any atom is -0.298 e. The summed E-state index contributed by atoms with van der Waals surface area (Å²) in [5.74, 6) is 0. The highest BCUT2D eigenvalue weighted by molar-refractivity contribution is 6.31. The van der Waals surface area contributed by atoms with Crippen LogP contribution in [0.4, 0.5) is 0 Å². The zero-order valence-electron chi connectivity index (χ0n) is 7.91. The molecule has 0 N–H and O–H groups in total. The summed E-state index contributed by atoms with van der Waals surface area (Å²) in [6, 6.07) is 3.48. The molecule has 0 fully saturated rings. The second kappa shape index (κ2) is 3.10. The van der Waals surface area contributed by atoms with Gasteiger partial charge in [-0.2, -0.15) is 5.10 Å². The molecule has 4 heteroatoms. The highest BCUT2D eigenvalue weighted by atomic mass is 35.5. The normalized spacial score (nSPS) is 10.8. The number of nitrogens with zero attached hydrogens (tertiary/aromatic N) is 2. The van der Waals surface area contributed by atoms with Gasteiger partial charge in [0.1, 0.15) is 0 Å². The molecule has 0 aliphatic carbocycles. The Bertz CT molecular complexity index is 516. The summed E-state index contributed by atoms with van der Waals surface area (Å²) in [4.78, 5) is 10.8. The van der Waals surface area contributed by atoms with E-state index in [-0.39, 0.29) is 0 Å². The van der Waals surface area contributed by atoms with Crippen LogP contribution in [0.2, 0.25) is 5.02 Å². The lowest BCUT2D eigenvalue weighted by molar-refractivity contribution is 0.112. The van der Waals surface area contributed by atoms with Gasteiger partial charge >= 0.3 is 0 Å². The maximum absolute atomic E-state index is 10.8. The molecule has 0 saturated carbocycles. The van der Waals surface area contributed by atoms with Gasteiger partial charge in [-0.15, -0.1) is 0 Å². The first kappa shape index (κ1) is 9.21. The van der Waals surface area contributed by atoms with E-state index >= 15 is 0 Å². The molecule has 1 aromatic carbocycles. The van der Waals surface area contributed by atoms with E-state index in [0.717, 1.165) is 22.9 Å². The van der Waals surface area contributed by atoms with Crippen LogP contribution in [-0.2, 0) is 7.05 Å². The molecule has 2 rings (SSSR count). The minimum atomic E-state index is 0.565. The fourth-order valence-electron chi connectivity index (χ4n) is 1.68. The molecular weight excluding hydrogens is 200 g/mol. The second-order valence-electron chi connectivity index (χ2n) is 3.22. The molecule has 0 aliphatic rings. The van der Waals surface area contributed by atoms with Gasteiger partial charge in [0.05, 0.1) is 11.2 Å². The van der Waals surface area contributed by atoms with Gasteiger partial charge in [-0.3, -0.25) is 9.48 Å². The standard InChI is InChI=1S/C10H9ClN2O/c1-6-9-4-8(11)3-7(5-14)10(9)13(2)12-6/h3-5H,1-2H3. The molecule has 0 atom stereocenters. The van der Waals surface area contributed by atoms with Gasteiger partial charge in [-0.1, -0.05) is 11.6 Å². The Morgan fingerprint density at radius 2 is 2.21 bits per heavy atom. The number of hydrogen-bond acceptors (Lipinski definition) is 2. The molecule has 1 aromatic heterocycles. The first-order valence-electron chi connectivity index (χ1n) is 4.21. The smallest absolute Gasteiger partial charge is 0.152 e. The van der Waals surface area contributed by atoms with Crippen molar-refractivity contribution in [1.82, 2.24) is 9.78 Å². The van der Waals surface area contributed by atoms with E-state index in [1.165, 1.54) is 0 Å². The fraction of sp³-hybridized carbons (Fsp3) is 0.200. The third-order valence-electron chi connectivity index (χ3n) is 2.24. The van der Waals surface area contributed by atoms with Crippen LogP contribution < -0.4 is 0 Å². The monoisotopic (exact) mass is 208 g/mol. The van der Waals surface area contributed by atoms with Crippen LogP contribution in [0.3, 0.4) is 0 Å². The van der Waals surface area contributed by atoms with Crippen LogP contribution in [0.1, 0.15) is 16.1 Å². The van der Waals surface area contributed by atoms with E-state index in [9.17, 15) is 4.79 Å². The Morgan fingerprint density at radius 3 is 2.86 bits per heavy atom. The van der Waals surface area contributed by atoms with E-state index in [4.69, 9.17) is 11.6 Å². The van der Waals surface area contributed by atoms with Crippen LogP contribution in [0.15, 0.2) is 12.1 Å². The van der Waals surface area contributed by atoms with Crippen molar-refractivity contribution in [3.63, 3.8) is 0 Å². The lowest BCUT2D eigenvalue weighted by Crippen LogP contribution is -1.93. The number of carbonyl (C=O) groups is 1. The maximum atomic E-state index is 10.8. The molecule has 0 bridgehead atoms. The van der Waals surface area contributed by atoms with Gasteiger partial charge in [0.2, 0.25) is 0 Å². The van der Waals surface area contributed by atoms with Crippen molar-refractivity contribution in [3.8, 4) is 0 Å².